The molecular formula is C27H31Cl4N4O6S2+. The maximum Gasteiger partial charge on any atom is 0.282 e. The van der Waals surface area contributed by atoms with Crippen molar-refractivity contribution >= 4 is 95.1 Å². The highest BCUT2D eigenvalue weighted by atomic mass is 35.5. The van der Waals surface area contributed by atoms with Crippen LogP contribution in [0, 0.1) is 0 Å². The largest absolute Gasteiger partial charge is 0.329 e. The summed E-state index contributed by atoms with van der Waals surface area (Å²) in [6, 6.07) is 7.07. The molecule has 0 amide bonds. The second-order valence-corrected chi connectivity index (χ2v) is 14.9. The molecule has 1 aliphatic rings. The number of hydrogen-bond donors (Lipinski definition) is 2. The Kier molecular flexibility index (Phi) is 10.7. The zero-order valence-electron chi connectivity index (χ0n) is 23.3. The predicted octanol–water partition coefficient (Wildman–Crippen LogP) is 6.23. The van der Waals surface area contributed by atoms with Crippen LogP contribution >= 0.6 is 46.4 Å². The maximum absolute atomic E-state index is 11.2. The molecule has 0 atom stereocenters. The van der Waals surface area contributed by atoms with Crippen LogP contribution in [0.1, 0.15) is 31.5 Å². The molecule has 1 aromatic heterocycles. The Bertz CT molecular complexity index is 1820. The Morgan fingerprint density at radius 3 is 1.93 bits per heavy atom. The van der Waals surface area contributed by atoms with E-state index >= 15 is 0 Å². The highest BCUT2D eigenvalue weighted by molar-refractivity contribution is 7.86. The molecule has 0 aliphatic carbocycles. The molecule has 234 valence electrons. The molecule has 4 rings (SSSR count). The Labute approximate surface area is 271 Å². The van der Waals surface area contributed by atoms with E-state index in [1.165, 1.54) is 0 Å². The van der Waals surface area contributed by atoms with Gasteiger partial charge in [0.25, 0.3) is 26.1 Å². The van der Waals surface area contributed by atoms with Crippen molar-refractivity contribution in [1.82, 2.24) is 4.57 Å². The molecule has 3 aromatic rings. The van der Waals surface area contributed by atoms with Crippen molar-refractivity contribution in [3.63, 3.8) is 0 Å². The normalized spacial score (nSPS) is 15.0. The standard InChI is InChI=1S/C27H30Cl4N4O6S2/c1-32-22-14-18(28)20(30)16-24(22)34(10-3-5-12-42(36,37)38)26(32)8-7-9-27-33(2)23-15-19(29)21(31)17-25(23)35(27)11-4-6-13-43(39,40)41/h7-9,14-17H,3-6,10-13H2,1-2H3,(H-,36,37,38,39,40,41)/p+1. The smallest absolute Gasteiger partial charge is 0.282 e. The maximum atomic E-state index is 11.2. The van der Waals surface area contributed by atoms with Crippen molar-refractivity contribution in [1.29, 1.82) is 0 Å². The average molecular weight is 714 g/mol. The summed E-state index contributed by atoms with van der Waals surface area (Å²) < 4.78 is 67.0. The minimum atomic E-state index is -4.06. The lowest BCUT2D eigenvalue weighted by molar-refractivity contribution is -0.647. The van der Waals surface area contributed by atoms with Crippen molar-refractivity contribution in [2.24, 2.45) is 7.05 Å². The van der Waals surface area contributed by atoms with E-state index in [-0.39, 0.29) is 24.3 Å². The van der Waals surface area contributed by atoms with Gasteiger partial charge in [-0.1, -0.05) is 52.5 Å². The number of imidazole rings is 1. The fourth-order valence-electron chi connectivity index (χ4n) is 5.08. The van der Waals surface area contributed by atoms with Crippen molar-refractivity contribution in [3.8, 4) is 0 Å². The van der Waals surface area contributed by atoms with Gasteiger partial charge < -0.3 is 9.80 Å². The Hall–Kier alpha value is -2.03. The van der Waals surface area contributed by atoms with E-state index in [2.05, 4.69) is 0 Å². The summed E-state index contributed by atoms with van der Waals surface area (Å²) in [6.07, 6.45) is 7.22. The van der Waals surface area contributed by atoms with Gasteiger partial charge in [-0.3, -0.25) is 9.11 Å². The number of benzene rings is 2. The van der Waals surface area contributed by atoms with Gasteiger partial charge in [0, 0.05) is 31.8 Å². The highest BCUT2D eigenvalue weighted by Crippen LogP contribution is 2.45. The van der Waals surface area contributed by atoms with E-state index in [1.807, 2.05) is 51.3 Å². The minimum Gasteiger partial charge on any atom is -0.329 e. The second kappa shape index (κ2) is 13.5. The van der Waals surface area contributed by atoms with Crippen LogP contribution in [-0.4, -0.2) is 55.6 Å². The van der Waals surface area contributed by atoms with E-state index in [4.69, 9.17) is 55.5 Å². The number of anilines is 2. The van der Waals surface area contributed by atoms with E-state index in [9.17, 15) is 16.8 Å². The number of nitrogens with zero attached hydrogens (tertiary/aromatic N) is 4. The Balaban J connectivity index is 1.69. The SMILES string of the molecule is CN1C(=CC=Cc2n(CCCCS(=O)(=O)O)c3cc(Cl)c(Cl)cc3[n+]2C)N(CCCCS(=O)(=O)O)c2cc(Cl)c(Cl)cc21. The molecule has 2 heterocycles. The molecule has 0 radical (unpaired) electrons. The van der Waals surface area contributed by atoms with Crippen molar-refractivity contribution < 1.29 is 30.5 Å². The number of unbranched alkanes of at least 4 members (excludes halogenated alkanes) is 2. The lowest BCUT2D eigenvalue weighted by Gasteiger charge is -2.22. The molecular weight excluding hydrogens is 682 g/mol. The van der Waals surface area contributed by atoms with Crippen molar-refractivity contribution in [2.45, 2.75) is 32.2 Å². The van der Waals surface area contributed by atoms with Gasteiger partial charge in [0.2, 0.25) is 0 Å². The molecule has 43 heavy (non-hydrogen) atoms. The number of allylic oxidation sites excluding steroid dienone is 2. The van der Waals surface area contributed by atoms with Crippen LogP contribution in [-0.2, 0) is 33.8 Å². The molecule has 0 unspecified atom stereocenters. The van der Waals surface area contributed by atoms with Gasteiger partial charge in [-0.25, -0.2) is 9.13 Å². The second-order valence-electron chi connectivity index (χ2n) is 10.2. The third kappa shape index (κ3) is 8.17. The average Bonchev–Trinajstić information content (AvgIpc) is 3.29. The summed E-state index contributed by atoms with van der Waals surface area (Å²) in [5.74, 6) is 0.925. The predicted molar refractivity (Wildman–Crippen MR) is 174 cm³/mol. The zero-order valence-corrected chi connectivity index (χ0v) is 28.0. The molecule has 2 aromatic carbocycles. The lowest BCUT2D eigenvalue weighted by atomic mass is 10.2. The first kappa shape index (κ1) is 33.9. The van der Waals surface area contributed by atoms with Crippen LogP contribution in [0.2, 0.25) is 20.1 Å². The van der Waals surface area contributed by atoms with Crippen LogP contribution in [0.25, 0.3) is 17.1 Å². The molecule has 2 N–H and O–H groups in total. The topological polar surface area (TPSA) is 124 Å². The first-order valence-electron chi connectivity index (χ1n) is 13.2. The molecule has 0 saturated heterocycles. The van der Waals surface area contributed by atoms with Gasteiger partial charge in [-0.15, -0.1) is 0 Å². The molecule has 0 bridgehead atoms. The fourth-order valence-corrected chi connectivity index (χ4v) is 6.85. The van der Waals surface area contributed by atoms with Crippen molar-refractivity contribution in [2.75, 3.05) is 34.9 Å². The third-order valence-corrected chi connectivity index (χ3v) is 10.2. The van der Waals surface area contributed by atoms with Gasteiger partial charge in [0.05, 0.1) is 56.6 Å². The van der Waals surface area contributed by atoms with Crippen LogP contribution in [0.15, 0.2) is 42.2 Å². The van der Waals surface area contributed by atoms with Gasteiger partial charge in [0.15, 0.2) is 11.0 Å². The van der Waals surface area contributed by atoms with Gasteiger partial charge in [0.1, 0.15) is 5.82 Å². The monoisotopic (exact) mass is 711 g/mol. The summed E-state index contributed by atoms with van der Waals surface area (Å²) in [5, 5.41) is 1.57. The molecule has 0 fully saturated rings. The molecule has 0 saturated carbocycles. The molecule has 16 heteroatoms. The number of hydrogen-bond acceptors (Lipinski definition) is 6. The minimum absolute atomic E-state index is 0.275. The summed E-state index contributed by atoms with van der Waals surface area (Å²) in [4.78, 5) is 3.96. The summed E-state index contributed by atoms with van der Waals surface area (Å²) in [6.45, 7) is 0.923. The van der Waals surface area contributed by atoms with Gasteiger partial charge >= 0.3 is 0 Å². The van der Waals surface area contributed by atoms with E-state index in [0.717, 1.165) is 34.1 Å². The van der Waals surface area contributed by atoms with E-state index in [0.29, 0.717) is 46.0 Å². The summed E-state index contributed by atoms with van der Waals surface area (Å²) in [7, 11) is -4.35. The number of rotatable bonds is 12. The zero-order chi connectivity index (χ0) is 31.7. The lowest BCUT2D eigenvalue weighted by Crippen LogP contribution is -2.31. The first-order valence-corrected chi connectivity index (χ1v) is 18.0. The van der Waals surface area contributed by atoms with Crippen LogP contribution in [0.3, 0.4) is 0 Å². The van der Waals surface area contributed by atoms with Gasteiger partial charge in [-0.2, -0.15) is 16.8 Å². The fraction of sp³-hybridized carbons (Fsp3) is 0.370. The molecule has 0 spiro atoms. The summed E-state index contributed by atoms with van der Waals surface area (Å²) >= 11 is 25.3. The van der Waals surface area contributed by atoms with E-state index < -0.39 is 20.2 Å². The van der Waals surface area contributed by atoms with E-state index in [1.54, 1.807) is 24.3 Å². The van der Waals surface area contributed by atoms with Crippen LogP contribution < -0.4 is 14.4 Å². The third-order valence-electron chi connectivity index (χ3n) is 7.14. The first-order chi connectivity index (χ1) is 20.1. The highest BCUT2D eigenvalue weighted by Gasteiger charge is 2.30. The number of aromatic nitrogens is 2. The van der Waals surface area contributed by atoms with Crippen LogP contribution in [0.4, 0.5) is 11.4 Å². The Morgan fingerprint density at radius 1 is 0.791 bits per heavy atom. The number of fused-ring (bicyclic) bond motifs is 2. The number of halogens is 4. The Morgan fingerprint density at radius 2 is 1.33 bits per heavy atom. The summed E-state index contributed by atoms with van der Waals surface area (Å²) in [5.41, 5.74) is 3.27. The quantitative estimate of drug-likeness (QED) is 0.129. The van der Waals surface area contributed by atoms with Crippen molar-refractivity contribution in [3.05, 3.63) is 68.2 Å². The van der Waals surface area contributed by atoms with Crippen LogP contribution in [0.5, 0.6) is 0 Å². The van der Waals surface area contributed by atoms with Gasteiger partial charge in [-0.05, 0) is 43.9 Å². The number of aryl methyl sites for hydroxylation is 2. The molecule has 10 nitrogen and oxygen atoms in total. The molecule has 1 aliphatic heterocycles.